The summed E-state index contributed by atoms with van der Waals surface area (Å²) in [5.41, 5.74) is 1.30. The van der Waals surface area contributed by atoms with Gasteiger partial charge in [0.2, 0.25) is 0 Å². The molecular formula is C8H10. The highest BCUT2D eigenvalue weighted by atomic mass is 13.9. The Bertz CT molecular complexity index is 176. The Morgan fingerprint density at radius 3 is 2.62 bits per heavy atom. The van der Waals surface area contributed by atoms with Gasteiger partial charge >= 0.3 is 0 Å². The molecule has 0 atom stereocenters. The predicted octanol–water partition coefficient (Wildman–Crippen LogP) is 2.25. The van der Waals surface area contributed by atoms with Crippen molar-refractivity contribution in [2.45, 2.75) is 13.3 Å². The third-order valence-electron chi connectivity index (χ3n) is 1.20. The van der Waals surface area contributed by atoms with Crippen LogP contribution in [0, 0.1) is 0 Å². The van der Waals surface area contributed by atoms with Gasteiger partial charge in [-0.15, -0.1) is 0 Å². The highest BCUT2D eigenvalue weighted by molar-refractivity contribution is 5.13. The summed E-state index contributed by atoms with van der Waals surface area (Å²) < 4.78 is 7.17. The Morgan fingerprint density at radius 2 is 2.12 bits per heavy atom. The number of hydrogen-bond acceptors (Lipinski definition) is 0. The second-order valence-corrected chi connectivity index (χ2v) is 1.76. The molecule has 0 heteroatoms. The van der Waals surface area contributed by atoms with Crippen LogP contribution in [0.5, 0.6) is 0 Å². The van der Waals surface area contributed by atoms with Crippen LogP contribution in [0.3, 0.4) is 0 Å². The number of aryl methyl sites for hydroxylation is 1. The van der Waals surface area contributed by atoms with Gasteiger partial charge < -0.3 is 0 Å². The van der Waals surface area contributed by atoms with Crippen LogP contribution in [0.2, 0.25) is 0 Å². The summed E-state index contributed by atoms with van der Waals surface area (Å²) in [5.74, 6) is 0. The molecule has 42 valence electrons. The van der Waals surface area contributed by atoms with Crippen molar-refractivity contribution >= 4 is 0 Å². The quantitative estimate of drug-likeness (QED) is 0.516. The zero-order valence-corrected chi connectivity index (χ0v) is 5.02. The molecule has 0 bridgehead atoms. The maximum atomic E-state index is 7.17. The Hall–Kier alpha value is -0.780. The van der Waals surface area contributed by atoms with Gasteiger partial charge in [-0.1, -0.05) is 37.2 Å². The van der Waals surface area contributed by atoms with Crippen LogP contribution in [-0.4, -0.2) is 0 Å². The van der Waals surface area contributed by atoms with Gasteiger partial charge in [-0.05, 0) is 12.0 Å². The lowest BCUT2D eigenvalue weighted by atomic mass is 10.2. The lowest BCUT2D eigenvalue weighted by Crippen LogP contribution is -1.73. The molecule has 0 aromatic heterocycles. The third-order valence-corrected chi connectivity index (χ3v) is 1.20. The molecule has 1 rings (SSSR count). The highest BCUT2D eigenvalue weighted by Gasteiger charge is 1.79. The molecular weight excluding hydrogens is 96.1 g/mol. The van der Waals surface area contributed by atoms with Gasteiger partial charge in [0.15, 0.2) is 0 Å². The summed E-state index contributed by atoms with van der Waals surface area (Å²) in [6, 6.07) is 8.20. The van der Waals surface area contributed by atoms with Gasteiger partial charge in [-0.3, -0.25) is 0 Å². The number of hydrogen-bond donors (Lipinski definition) is 0. The van der Waals surface area contributed by atoms with Crippen molar-refractivity contribution in [3.8, 4) is 0 Å². The number of benzene rings is 1. The molecule has 8 heavy (non-hydrogen) atoms. The second kappa shape index (κ2) is 2.51. The van der Waals surface area contributed by atoms with Gasteiger partial charge in [0.25, 0.3) is 0 Å². The first kappa shape index (κ1) is 4.13. The topological polar surface area (TPSA) is 0 Å². The van der Waals surface area contributed by atoms with Crippen LogP contribution in [0.15, 0.2) is 30.3 Å². The molecule has 0 saturated carbocycles. The van der Waals surface area contributed by atoms with Crippen molar-refractivity contribution in [3.63, 3.8) is 0 Å². The van der Waals surface area contributed by atoms with Crippen LogP contribution < -0.4 is 0 Å². The molecule has 0 radical (unpaired) electrons. The van der Waals surface area contributed by atoms with E-state index in [4.69, 9.17) is 1.37 Å². The first-order valence-electron chi connectivity index (χ1n) is 3.38. The minimum atomic E-state index is 0.590. The van der Waals surface area contributed by atoms with E-state index in [1.165, 1.54) is 5.56 Å². The average molecular weight is 107 g/mol. The maximum absolute atomic E-state index is 7.17. The van der Waals surface area contributed by atoms with E-state index in [1.54, 1.807) is 0 Å². The fourth-order valence-electron chi connectivity index (χ4n) is 0.657. The van der Waals surface area contributed by atoms with Crippen LogP contribution in [0.1, 0.15) is 13.9 Å². The third kappa shape index (κ3) is 1.09. The summed E-state index contributed by atoms with van der Waals surface area (Å²) in [6.07, 6.45) is 1.06. The summed E-state index contributed by atoms with van der Waals surface area (Å²) in [7, 11) is 0. The van der Waals surface area contributed by atoms with Gasteiger partial charge in [0.05, 0.1) is 1.37 Å². The Labute approximate surface area is 51.6 Å². The molecule has 1 aromatic rings. The van der Waals surface area contributed by atoms with E-state index in [9.17, 15) is 0 Å². The molecule has 0 saturated heterocycles. The number of rotatable bonds is 1. The standard InChI is InChI=1S/C8H10/c1-2-8-6-4-3-5-7-8/h3-7H,2H2,1H3/i3D. The van der Waals surface area contributed by atoms with E-state index in [2.05, 4.69) is 6.92 Å². The smallest absolute Gasteiger partial charge is 0.0622 e. The predicted molar refractivity (Wildman–Crippen MR) is 35.8 cm³/mol. The largest absolute Gasteiger partial charge is 0.0623 e. The van der Waals surface area contributed by atoms with E-state index in [0.29, 0.717) is 6.04 Å². The van der Waals surface area contributed by atoms with Crippen LogP contribution in [0.25, 0.3) is 0 Å². The Kier molecular flexibility index (Phi) is 1.30. The van der Waals surface area contributed by atoms with Crippen molar-refractivity contribution in [2.75, 3.05) is 0 Å². The van der Waals surface area contributed by atoms with Crippen LogP contribution in [-0.2, 0) is 6.42 Å². The first-order chi connectivity index (χ1) is 4.33. The fourth-order valence-corrected chi connectivity index (χ4v) is 0.657. The molecule has 0 spiro atoms. The normalized spacial score (nSPS) is 10.9. The second-order valence-electron chi connectivity index (χ2n) is 1.76. The van der Waals surface area contributed by atoms with E-state index < -0.39 is 0 Å². The maximum Gasteiger partial charge on any atom is 0.0623 e. The highest BCUT2D eigenvalue weighted by Crippen LogP contribution is 1.96. The summed E-state index contributed by atoms with van der Waals surface area (Å²) >= 11 is 0. The minimum absolute atomic E-state index is 0.590. The average Bonchev–Trinajstić information content (AvgIpc) is 1.90. The Balaban J connectivity index is 2.88. The first-order valence-corrected chi connectivity index (χ1v) is 2.88. The molecule has 0 amide bonds. The molecule has 1 aromatic carbocycles. The Morgan fingerprint density at radius 1 is 1.50 bits per heavy atom. The van der Waals surface area contributed by atoms with Crippen molar-refractivity contribution < 1.29 is 1.37 Å². The summed E-state index contributed by atoms with van der Waals surface area (Å²) in [6.45, 7) is 2.11. The van der Waals surface area contributed by atoms with Crippen molar-refractivity contribution in [1.82, 2.24) is 0 Å². The van der Waals surface area contributed by atoms with Crippen LogP contribution in [0.4, 0.5) is 0 Å². The lowest BCUT2D eigenvalue weighted by molar-refractivity contribution is 1.14. The van der Waals surface area contributed by atoms with E-state index >= 15 is 0 Å². The minimum Gasteiger partial charge on any atom is -0.0622 e. The monoisotopic (exact) mass is 107 g/mol. The van der Waals surface area contributed by atoms with E-state index in [1.807, 2.05) is 24.3 Å². The van der Waals surface area contributed by atoms with Crippen molar-refractivity contribution in [1.29, 1.82) is 0 Å². The van der Waals surface area contributed by atoms with E-state index in [-0.39, 0.29) is 0 Å². The lowest BCUT2D eigenvalue weighted by Gasteiger charge is -1.89. The molecule has 0 fully saturated rings. The zero-order valence-electron chi connectivity index (χ0n) is 6.02. The molecule has 0 unspecified atom stereocenters. The molecule has 0 aliphatic heterocycles. The summed E-state index contributed by atoms with van der Waals surface area (Å²) in [5, 5.41) is 0. The van der Waals surface area contributed by atoms with E-state index in [0.717, 1.165) is 6.42 Å². The van der Waals surface area contributed by atoms with Gasteiger partial charge in [-0.25, -0.2) is 0 Å². The summed E-state index contributed by atoms with van der Waals surface area (Å²) in [4.78, 5) is 0. The van der Waals surface area contributed by atoms with Gasteiger partial charge in [0.1, 0.15) is 0 Å². The SMILES string of the molecule is [2H]c1ccc(CC)cc1. The molecule has 0 aliphatic rings. The van der Waals surface area contributed by atoms with Gasteiger partial charge in [0, 0.05) is 0 Å². The molecule has 0 N–H and O–H groups in total. The fraction of sp³-hybridized carbons (Fsp3) is 0.250. The molecule has 0 nitrogen and oxygen atoms in total. The van der Waals surface area contributed by atoms with Gasteiger partial charge in [-0.2, -0.15) is 0 Å². The van der Waals surface area contributed by atoms with Crippen molar-refractivity contribution in [3.05, 3.63) is 35.9 Å². The zero-order chi connectivity index (χ0) is 6.69. The van der Waals surface area contributed by atoms with Crippen LogP contribution >= 0.6 is 0 Å². The van der Waals surface area contributed by atoms with Crippen molar-refractivity contribution in [2.24, 2.45) is 0 Å². The molecule has 0 aliphatic carbocycles. The molecule has 0 heterocycles.